The van der Waals surface area contributed by atoms with E-state index in [-0.39, 0.29) is 24.3 Å². The second-order valence-electron chi connectivity index (χ2n) is 6.59. The molecule has 2 aromatic rings. The lowest BCUT2D eigenvalue weighted by atomic mass is 10.2. The monoisotopic (exact) mass is 356 g/mol. The Morgan fingerprint density at radius 2 is 2.08 bits per heavy atom. The van der Waals surface area contributed by atoms with E-state index >= 15 is 0 Å². The van der Waals surface area contributed by atoms with Crippen LogP contribution in [0.25, 0.3) is 0 Å². The van der Waals surface area contributed by atoms with Crippen molar-refractivity contribution in [3.05, 3.63) is 53.1 Å². The van der Waals surface area contributed by atoms with Gasteiger partial charge in [-0.2, -0.15) is 5.10 Å². The summed E-state index contributed by atoms with van der Waals surface area (Å²) in [7, 11) is 0. The van der Waals surface area contributed by atoms with Crippen molar-refractivity contribution < 1.29 is 9.18 Å². The van der Waals surface area contributed by atoms with Gasteiger partial charge in [0.1, 0.15) is 5.82 Å². The van der Waals surface area contributed by atoms with Gasteiger partial charge in [-0.05, 0) is 43.5 Å². The van der Waals surface area contributed by atoms with Crippen molar-refractivity contribution in [3.8, 4) is 12.3 Å². The standard InChI is InChI=1S/C20H25FN4O/c1-5-10-24(14-18-6-8-19(21)9-7-18)20(26)22-12-15(2)13-25-17(4)11-16(3)23-25/h1,6-9,11,15H,10,12-14H2,2-4H3,(H,22,26). The number of carbonyl (C=O) groups is 1. The van der Waals surface area contributed by atoms with Crippen LogP contribution in [-0.4, -0.2) is 33.8 Å². The average Bonchev–Trinajstić information content (AvgIpc) is 2.91. The van der Waals surface area contributed by atoms with Gasteiger partial charge in [-0.3, -0.25) is 4.68 Å². The van der Waals surface area contributed by atoms with E-state index in [0.717, 1.165) is 23.5 Å². The Hall–Kier alpha value is -2.81. The fourth-order valence-corrected chi connectivity index (χ4v) is 2.71. The smallest absolute Gasteiger partial charge is 0.318 e. The summed E-state index contributed by atoms with van der Waals surface area (Å²) in [5.41, 5.74) is 2.91. The number of benzene rings is 1. The number of aromatic nitrogens is 2. The van der Waals surface area contributed by atoms with Crippen molar-refractivity contribution in [2.24, 2.45) is 5.92 Å². The number of aryl methyl sites for hydroxylation is 2. The lowest BCUT2D eigenvalue weighted by Crippen LogP contribution is -2.41. The second-order valence-corrected chi connectivity index (χ2v) is 6.59. The van der Waals surface area contributed by atoms with Crippen LogP contribution in [-0.2, 0) is 13.1 Å². The minimum Gasteiger partial charge on any atom is -0.338 e. The van der Waals surface area contributed by atoms with E-state index in [1.54, 1.807) is 12.1 Å². The molecule has 1 atom stereocenters. The number of terminal acetylenes is 1. The minimum atomic E-state index is -0.306. The highest BCUT2D eigenvalue weighted by atomic mass is 19.1. The van der Waals surface area contributed by atoms with Gasteiger partial charge >= 0.3 is 6.03 Å². The zero-order valence-corrected chi connectivity index (χ0v) is 15.5. The maximum absolute atomic E-state index is 13.0. The number of carbonyl (C=O) groups excluding carboxylic acids is 1. The Kier molecular flexibility index (Phi) is 6.79. The van der Waals surface area contributed by atoms with Gasteiger partial charge in [0.2, 0.25) is 0 Å². The molecule has 0 saturated carbocycles. The average molecular weight is 356 g/mol. The van der Waals surface area contributed by atoms with Crippen LogP contribution in [0.3, 0.4) is 0 Å². The molecule has 0 fully saturated rings. The van der Waals surface area contributed by atoms with Crippen LogP contribution in [0.2, 0.25) is 0 Å². The number of hydrogen-bond donors (Lipinski definition) is 1. The number of rotatable bonds is 7. The van der Waals surface area contributed by atoms with Gasteiger partial charge < -0.3 is 10.2 Å². The van der Waals surface area contributed by atoms with E-state index in [1.807, 2.05) is 24.6 Å². The summed E-state index contributed by atoms with van der Waals surface area (Å²) in [5, 5.41) is 7.36. The topological polar surface area (TPSA) is 50.2 Å². The molecular weight excluding hydrogens is 331 g/mol. The summed E-state index contributed by atoms with van der Waals surface area (Å²) in [6.45, 7) is 7.81. The lowest BCUT2D eigenvalue weighted by molar-refractivity contribution is 0.199. The molecule has 0 radical (unpaired) electrons. The SMILES string of the molecule is C#CCN(Cc1ccc(F)cc1)C(=O)NCC(C)Cn1nc(C)cc1C. The van der Waals surface area contributed by atoms with Crippen LogP contribution in [0.15, 0.2) is 30.3 Å². The molecule has 1 aromatic heterocycles. The van der Waals surface area contributed by atoms with Gasteiger partial charge in [0.25, 0.3) is 0 Å². The molecular formula is C20H25FN4O. The van der Waals surface area contributed by atoms with E-state index in [0.29, 0.717) is 13.1 Å². The summed E-state index contributed by atoms with van der Waals surface area (Å²) < 4.78 is 15.0. The molecule has 138 valence electrons. The summed E-state index contributed by atoms with van der Waals surface area (Å²) in [6.07, 6.45) is 5.38. The maximum atomic E-state index is 13.0. The molecule has 26 heavy (non-hydrogen) atoms. The summed E-state index contributed by atoms with van der Waals surface area (Å²) in [6, 6.07) is 7.85. The van der Waals surface area contributed by atoms with E-state index in [1.165, 1.54) is 17.0 Å². The van der Waals surface area contributed by atoms with Crippen LogP contribution in [0, 0.1) is 37.9 Å². The Morgan fingerprint density at radius 3 is 2.65 bits per heavy atom. The molecule has 0 aliphatic rings. The van der Waals surface area contributed by atoms with Gasteiger partial charge in [0.15, 0.2) is 0 Å². The van der Waals surface area contributed by atoms with E-state index in [9.17, 15) is 9.18 Å². The Labute approximate surface area is 154 Å². The molecule has 0 bridgehead atoms. The van der Waals surface area contributed by atoms with Crippen molar-refractivity contribution in [1.29, 1.82) is 0 Å². The molecule has 6 heteroatoms. The maximum Gasteiger partial charge on any atom is 0.318 e. The highest BCUT2D eigenvalue weighted by molar-refractivity contribution is 5.74. The molecule has 1 heterocycles. The first kappa shape index (κ1) is 19.5. The number of hydrogen-bond acceptors (Lipinski definition) is 2. The third kappa shape index (κ3) is 5.62. The molecule has 0 spiro atoms. The van der Waals surface area contributed by atoms with Crippen LogP contribution in [0.4, 0.5) is 9.18 Å². The van der Waals surface area contributed by atoms with Crippen molar-refractivity contribution >= 4 is 6.03 Å². The van der Waals surface area contributed by atoms with Gasteiger partial charge in [0, 0.05) is 25.3 Å². The third-order valence-corrected chi connectivity index (χ3v) is 4.05. The van der Waals surface area contributed by atoms with Crippen LogP contribution >= 0.6 is 0 Å². The summed E-state index contributed by atoms with van der Waals surface area (Å²) in [4.78, 5) is 14.0. The molecule has 2 amide bonds. The first-order valence-corrected chi connectivity index (χ1v) is 8.60. The van der Waals surface area contributed by atoms with Gasteiger partial charge in [-0.15, -0.1) is 6.42 Å². The molecule has 5 nitrogen and oxygen atoms in total. The Morgan fingerprint density at radius 1 is 1.38 bits per heavy atom. The highest BCUT2D eigenvalue weighted by Gasteiger charge is 2.15. The van der Waals surface area contributed by atoms with Crippen molar-refractivity contribution in [3.63, 3.8) is 0 Å². The van der Waals surface area contributed by atoms with Crippen molar-refractivity contribution in [2.75, 3.05) is 13.1 Å². The number of nitrogens with zero attached hydrogens (tertiary/aromatic N) is 3. The van der Waals surface area contributed by atoms with Gasteiger partial charge in [0.05, 0.1) is 12.2 Å². The summed E-state index contributed by atoms with van der Waals surface area (Å²) >= 11 is 0. The number of nitrogens with one attached hydrogen (secondary N) is 1. The lowest BCUT2D eigenvalue weighted by Gasteiger charge is -2.22. The first-order chi connectivity index (χ1) is 12.4. The van der Waals surface area contributed by atoms with Crippen LogP contribution < -0.4 is 5.32 Å². The molecule has 0 aliphatic heterocycles. The quantitative estimate of drug-likeness (QED) is 0.775. The molecule has 0 saturated heterocycles. The zero-order valence-electron chi connectivity index (χ0n) is 15.5. The highest BCUT2D eigenvalue weighted by Crippen LogP contribution is 2.08. The Balaban J connectivity index is 1.89. The van der Waals surface area contributed by atoms with E-state index in [4.69, 9.17) is 6.42 Å². The first-order valence-electron chi connectivity index (χ1n) is 8.60. The predicted molar refractivity (Wildman–Crippen MR) is 99.9 cm³/mol. The molecule has 1 aromatic carbocycles. The van der Waals surface area contributed by atoms with Crippen molar-refractivity contribution in [2.45, 2.75) is 33.9 Å². The normalized spacial score (nSPS) is 11.7. The zero-order chi connectivity index (χ0) is 19.1. The van der Waals surface area contributed by atoms with Crippen LogP contribution in [0.1, 0.15) is 23.9 Å². The molecule has 0 aliphatic carbocycles. The van der Waals surface area contributed by atoms with Gasteiger partial charge in [-0.25, -0.2) is 9.18 Å². The molecule has 2 rings (SSSR count). The Bertz CT molecular complexity index is 776. The fraction of sp³-hybridized carbons (Fsp3) is 0.400. The molecule has 1 unspecified atom stereocenters. The number of amides is 2. The largest absolute Gasteiger partial charge is 0.338 e. The fourth-order valence-electron chi connectivity index (χ4n) is 2.71. The predicted octanol–water partition coefficient (Wildman–Crippen LogP) is 3.12. The summed E-state index contributed by atoms with van der Waals surface area (Å²) in [5.74, 6) is 2.41. The van der Waals surface area contributed by atoms with Crippen LogP contribution in [0.5, 0.6) is 0 Å². The number of urea groups is 1. The number of halogens is 1. The van der Waals surface area contributed by atoms with Gasteiger partial charge in [-0.1, -0.05) is 25.0 Å². The van der Waals surface area contributed by atoms with E-state index in [2.05, 4.69) is 23.3 Å². The van der Waals surface area contributed by atoms with Crippen molar-refractivity contribution in [1.82, 2.24) is 20.0 Å². The third-order valence-electron chi connectivity index (χ3n) is 4.05. The minimum absolute atomic E-state index is 0.190. The van der Waals surface area contributed by atoms with E-state index < -0.39 is 0 Å². The second kappa shape index (κ2) is 9.04. The molecule has 1 N–H and O–H groups in total.